The molecule has 1 atom stereocenters. The molecule has 3 nitrogen and oxygen atoms in total. The van der Waals surface area contributed by atoms with Crippen LogP contribution in [0.4, 0.5) is 19.0 Å². The molecule has 1 fully saturated rings. The maximum atomic E-state index is 13.6. The monoisotopic (exact) mass is 245 g/mol. The van der Waals surface area contributed by atoms with Gasteiger partial charge in [0, 0.05) is 25.7 Å². The zero-order valence-corrected chi connectivity index (χ0v) is 9.51. The Bertz CT molecular complexity index is 411. The van der Waals surface area contributed by atoms with Gasteiger partial charge in [-0.05, 0) is 6.42 Å². The largest absolute Gasteiger partial charge is 0.349 e. The highest BCUT2D eigenvalue weighted by molar-refractivity contribution is 5.42. The van der Waals surface area contributed by atoms with Crippen molar-refractivity contribution in [1.29, 1.82) is 0 Å². The molecule has 1 aromatic rings. The van der Waals surface area contributed by atoms with Crippen LogP contribution in [0.25, 0.3) is 0 Å². The molecule has 0 saturated carbocycles. The number of nitrogens with one attached hydrogen (secondary N) is 1. The molecule has 1 N–H and O–H groups in total. The molecule has 17 heavy (non-hydrogen) atoms. The quantitative estimate of drug-likeness (QED) is 0.859. The van der Waals surface area contributed by atoms with Gasteiger partial charge in [-0.2, -0.15) is 4.39 Å². The highest BCUT2D eigenvalue weighted by Gasteiger charge is 2.26. The molecule has 1 unspecified atom stereocenters. The van der Waals surface area contributed by atoms with Gasteiger partial charge in [-0.1, -0.05) is 6.92 Å². The summed E-state index contributed by atoms with van der Waals surface area (Å²) >= 11 is 0. The summed E-state index contributed by atoms with van der Waals surface area (Å²) in [5.74, 6) is -4.01. The van der Waals surface area contributed by atoms with Crippen LogP contribution in [0.1, 0.15) is 13.3 Å². The lowest BCUT2D eigenvalue weighted by Gasteiger charge is -2.36. The van der Waals surface area contributed by atoms with E-state index in [4.69, 9.17) is 0 Å². The average molecular weight is 245 g/mol. The molecule has 0 aromatic carbocycles. The molecule has 0 bridgehead atoms. The van der Waals surface area contributed by atoms with Gasteiger partial charge in [0.1, 0.15) is 0 Å². The van der Waals surface area contributed by atoms with Crippen molar-refractivity contribution in [3.63, 3.8) is 0 Å². The van der Waals surface area contributed by atoms with Gasteiger partial charge < -0.3 is 10.2 Å². The Morgan fingerprint density at radius 3 is 2.88 bits per heavy atom. The summed E-state index contributed by atoms with van der Waals surface area (Å²) < 4.78 is 39.6. The summed E-state index contributed by atoms with van der Waals surface area (Å²) in [7, 11) is 0. The van der Waals surface area contributed by atoms with Gasteiger partial charge in [0.15, 0.2) is 17.5 Å². The van der Waals surface area contributed by atoms with Crippen molar-refractivity contribution in [3.8, 4) is 0 Å². The van der Waals surface area contributed by atoms with Gasteiger partial charge in [0.25, 0.3) is 0 Å². The predicted octanol–water partition coefficient (Wildman–Crippen LogP) is 1.69. The van der Waals surface area contributed by atoms with Gasteiger partial charge in [-0.3, -0.25) is 0 Å². The smallest absolute Gasteiger partial charge is 0.204 e. The minimum Gasteiger partial charge on any atom is -0.349 e. The lowest BCUT2D eigenvalue weighted by molar-refractivity contribution is 0.420. The Balaban J connectivity index is 2.35. The first kappa shape index (κ1) is 12.2. The average Bonchev–Trinajstić information content (AvgIpc) is 2.36. The highest BCUT2D eigenvalue weighted by atomic mass is 19.2. The van der Waals surface area contributed by atoms with Crippen molar-refractivity contribution in [1.82, 2.24) is 10.3 Å². The van der Waals surface area contributed by atoms with E-state index in [0.29, 0.717) is 19.6 Å². The first-order valence-corrected chi connectivity index (χ1v) is 5.62. The SMILES string of the molecule is CCC1CNCCN1c1ncc(F)c(F)c1F. The lowest BCUT2D eigenvalue weighted by atomic mass is 10.1. The molecule has 1 saturated heterocycles. The number of rotatable bonds is 2. The van der Waals surface area contributed by atoms with Crippen molar-refractivity contribution in [2.45, 2.75) is 19.4 Å². The summed E-state index contributed by atoms with van der Waals surface area (Å²) in [6.07, 6.45) is 1.51. The zero-order valence-electron chi connectivity index (χ0n) is 9.51. The van der Waals surface area contributed by atoms with E-state index in [0.717, 1.165) is 12.6 Å². The standard InChI is InChI=1S/C11H14F3N3/c1-2-7-5-15-3-4-17(7)11-10(14)9(13)8(12)6-16-11/h6-7,15H,2-5H2,1H3. The molecule has 0 radical (unpaired) electrons. The molecule has 1 aromatic heterocycles. The van der Waals surface area contributed by atoms with E-state index in [2.05, 4.69) is 10.3 Å². The van der Waals surface area contributed by atoms with Crippen LogP contribution in [0.5, 0.6) is 0 Å². The summed E-state index contributed by atoms with van der Waals surface area (Å²) in [6.45, 7) is 3.86. The Morgan fingerprint density at radius 2 is 2.18 bits per heavy atom. The molecule has 6 heteroatoms. The lowest BCUT2D eigenvalue weighted by Crippen LogP contribution is -2.51. The summed E-state index contributed by atoms with van der Waals surface area (Å²) in [5.41, 5.74) is 0. The maximum Gasteiger partial charge on any atom is 0.204 e. The Morgan fingerprint density at radius 1 is 1.41 bits per heavy atom. The molecule has 2 rings (SSSR count). The second-order valence-electron chi connectivity index (χ2n) is 4.02. The van der Waals surface area contributed by atoms with Crippen molar-refractivity contribution in [2.24, 2.45) is 0 Å². The number of pyridine rings is 1. The number of hydrogen-bond acceptors (Lipinski definition) is 3. The number of halogens is 3. The molecule has 2 heterocycles. The molecular formula is C11H14F3N3. The van der Waals surface area contributed by atoms with Crippen LogP contribution in [-0.2, 0) is 0 Å². The van der Waals surface area contributed by atoms with E-state index in [-0.39, 0.29) is 11.9 Å². The summed E-state index contributed by atoms with van der Waals surface area (Å²) in [6, 6.07) is 0.0515. The molecule has 0 spiro atoms. The molecule has 1 aliphatic rings. The first-order valence-electron chi connectivity index (χ1n) is 5.62. The molecule has 94 valence electrons. The second-order valence-corrected chi connectivity index (χ2v) is 4.02. The minimum absolute atomic E-state index is 0.0515. The van der Waals surface area contributed by atoms with Crippen molar-refractivity contribution in [3.05, 3.63) is 23.6 Å². The zero-order chi connectivity index (χ0) is 12.4. The second kappa shape index (κ2) is 4.91. The van der Waals surface area contributed by atoms with E-state index >= 15 is 0 Å². The Kier molecular flexibility index (Phi) is 3.51. The first-order chi connectivity index (χ1) is 8.15. The third kappa shape index (κ3) is 2.22. The van der Waals surface area contributed by atoms with E-state index in [1.54, 1.807) is 4.90 Å². The van der Waals surface area contributed by atoms with Gasteiger partial charge >= 0.3 is 0 Å². The number of anilines is 1. The van der Waals surface area contributed by atoms with Crippen molar-refractivity contribution < 1.29 is 13.2 Å². The van der Waals surface area contributed by atoms with E-state index in [1.807, 2.05) is 6.92 Å². The fraction of sp³-hybridized carbons (Fsp3) is 0.545. The van der Waals surface area contributed by atoms with Gasteiger partial charge in [0.2, 0.25) is 5.82 Å². The van der Waals surface area contributed by atoms with Crippen LogP contribution in [0.3, 0.4) is 0 Å². The Hall–Kier alpha value is -1.30. The predicted molar refractivity (Wildman–Crippen MR) is 58.4 cm³/mol. The van der Waals surface area contributed by atoms with Gasteiger partial charge in [-0.15, -0.1) is 0 Å². The maximum absolute atomic E-state index is 13.6. The minimum atomic E-state index is -1.46. The van der Waals surface area contributed by atoms with Gasteiger partial charge in [-0.25, -0.2) is 13.8 Å². The third-order valence-corrected chi connectivity index (χ3v) is 2.99. The third-order valence-electron chi connectivity index (χ3n) is 2.99. The van der Waals surface area contributed by atoms with Crippen LogP contribution >= 0.6 is 0 Å². The number of aromatic nitrogens is 1. The number of hydrogen-bond donors (Lipinski definition) is 1. The summed E-state index contributed by atoms with van der Waals surface area (Å²) in [5, 5.41) is 3.17. The van der Waals surface area contributed by atoms with E-state index in [9.17, 15) is 13.2 Å². The molecule has 0 amide bonds. The normalized spacial score (nSPS) is 20.7. The van der Waals surface area contributed by atoms with Crippen molar-refractivity contribution >= 4 is 5.82 Å². The fourth-order valence-corrected chi connectivity index (χ4v) is 2.04. The fourth-order valence-electron chi connectivity index (χ4n) is 2.04. The molecule has 0 aliphatic carbocycles. The van der Waals surface area contributed by atoms with Crippen LogP contribution in [0, 0.1) is 17.5 Å². The number of nitrogens with zero attached hydrogens (tertiary/aromatic N) is 2. The van der Waals surface area contributed by atoms with Gasteiger partial charge in [0.05, 0.1) is 6.20 Å². The van der Waals surface area contributed by atoms with Crippen molar-refractivity contribution in [2.75, 3.05) is 24.5 Å². The van der Waals surface area contributed by atoms with Crippen LogP contribution in [0.15, 0.2) is 6.20 Å². The van der Waals surface area contributed by atoms with E-state index in [1.165, 1.54) is 0 Å². The Labute approximate surface area is 97.6 Å². The molecule has 1 aliphatic heterocycles. The van der Waals surface area contributed by atoms with Crippen LogP contribution in [0.2, 0.25) is 0 Å². The topological polar surface area (TPSA) is 28.2 Å². The number of piperazine rings is 1. The van der Waals surface area contributed by atoms with Crippen LogP contribution in [-0.4, -0.2) is 30.7 Å². The van der Waals surface area contributed by atoms with Crippen LogP contribution < -0.4 is 10.2 Å². The highest BCUT2D eigenvalue weighted by Crippen LogP contribution is 2.23. The van der Waals surface area contributed by atoms with E-state index < -0.39 is 17.5 Å². The molecular weight excluding hydrogens is 231 g/mol. The summed E-state index contributed by atoms with van der Waals surface area (Å²) in [4.78, 5) is 5.36.